The SMILES string of the molecule is C=CCN(C)C(=O)[C@@H]1[C@H]2C(=O)N([C@@H](CO)C(C)C)C(C(=O)N(CC=C)Cc3ccccc3)C23S[C@@H]1CC3C. The van der Waals surface area contributed by atoms with Gasteiger partial charge in [-0.3, -0.25) is 14.4 Å². The van der Waals surface area contributed by atoms with E-state index >= 15 is 0 Å². The molecule has 3 aliphatic rings. The number of aliphatic hydroxyl groups excluding tert-OH is 1. The number of aliphatic hydroxyl groups is 1. The van der Waals surface area contributed by atoms with Gasteiger partial charge in [-0.2, -0.15) is 0 Å². The zero-order valence-electron chi connectivity index (χ0n) is 23.0. The number of hydrogen-bond donors (Lipinski definition) is 1. The molecule has 1 N–H and O–H groups in total. The van der Waals surface area contributed by atoms with Crippen molar-refractivity contribution >= 4 is 29.5 Å². The molecule has 3 aliphatic heterocycles. The number of likely N-dealkylation sites (N-methyl/N-ethyl adjacent to an activating group) is 1. The molecule has 3 fully saturated rings. The number of rotatable bonds is 11. The van der Waals surface area contributed by atoms with Gasteiger partial charge in [0.05, 0.1) is 29.2 Å². The van der Waals surface area contributed by atoms with Crippen LogP contribution in [0.5, 0.6) is 0 Å². The van der Waals surface area contributed by atoms with E-state index in [1.807, 2.05) is 44.2 Å². The number of hydrogen-bond acceptors (Lipinski definition) is 5. The van der Waals surface area contributed by atoms with Crippen LogP contribution in [0.25, 0.3) is 0 Å². The summed E-state index contributed by atoms with van der Waals surface area (Å²) in [6.45, 7) is 14.6. The first kappa shape index (κ1) is 28.4. The average molecular weight is 540 g/mol. The lowest BCUT2D eigenvalue weighted by atomic mass is 9.65. The Labute approximate surface area is 230 Å². The van der Waals surface area contributed by atoms with Crippen LogP contribution in [0.4, 0.5) is 0 Å². The lowest BCUT2D eigenvalue weighted by molar-refractivity contribution is -0.147. The molecule has 1 aromatic carbocycles. The van der Waals surface area contributed by atoms with Gasteiger partial charge >= 0.3 is 0 Å². The van der Waals surface area contributed by atoms with Gasteiger partial charge in [0.15, 0.2) is 0 Å². The quantitative estimate of drug-likeness (QED) is 0.437. The number of likely N-dealkylation sites (tertiary alicyclic amines) is 1. The molecule has 8 heteroatoms. The predicted octanol–water partition coefficient (Wildman–Crippen LogP) is 3.20. The van der Waals surface area contributed by atoms with Crippen LogP contribution in [-0.2, 0) is 20.9 Å². The van der Waals surface area contributed by atoms with E-state index in [0.717, 1.165) is 12.0 Å². The van der Waals surface area contributed by atoms with Crippen LogP contribution >= 0.6 is 11.8 Å². The molecule has 4 rings (SSSR count). The minimum atomic E-state index is -0.768. The van der Waals surface area contributed by atoms with Crippen molar-refractivity contribution in [1.82, 2.24) is 14.7 Å². The highest BCUT2D eigenvalue weighted by Crippen LogP contribution is 2.69. The van der Waals surface area contributed by atoms with Gasteiger partial charge in [-0.15, -0.1) is 24.9 Å². The number of amides is 3. The monoisotopic (exact) mass is 539 g/mol. The van der Waals surface area contributed by atoms with Crippen LogP contribution in [0.1, 0.15) is 32.8 Å². The van der Waals surface area contributed by atoms with Gasteiger partial charge < -0.3 is 19.8 Å². The van der Waals surface area contributed by atoms with Crippen molar-refractivity contribution in [3.8, 4) is 0 Å². The van der Waals surface area contributed by atoms with E-state index in [0.29, 0.717) is 19.6 Å². The first-order valence-corrected chi connectivity index (χ1v) is 14.4. The molecule has 0 saturated carbocycles. The largest absolute Gasteiger partial charge is 0.394 e. The molecule has 206 valence electrons. The van der Waals surface area contributed by atoms with Crippen LogP contribution in [0.2, 0.25) is 0 Å². The summed E-state index contributed by atoms with van der Waals surface area (Å²) in [6, 6.07) is 8.50. The summed E-state index contributed by atoms with van der Waals surface area (Å²) in [6.07, 6.45) is 4.17. The molecule has 38 heavy (non-hydrogen) atoms. The Bertz CT molecular complexity index is 1080. The summed E-state index contributed by atoms with van der Waals surface area (Å²) in [5, 5.41) is 10.4. The zero-order valence-corrected chi connectivity index (χ0v) is 23.8. The lowest BCUT2D eigenvalue weighted by Gasteiger charge is -2.43. The molecular weight excluding hydrogens is 498 g/mol. The molecule has 1 aromatic rings. The highest BCUT2D eigenvalue weighted by molar-refractivity contribution is 8.02. The van der Waals surface area contributed by atoms with Crippen molar-refractivity contribution in [3.05, 3.63) is 61.2 Å². The maximum absolute atomic E-state index is 14.6. The van der Waals surface area contributed by atoms with Crippen molar-refractivity contribution in [3.63, 3.8) is 0 Å². The van der Waals surface area contributed by atoms with E-state index in [1.165, 1.54) is 0 Å². The van der Waals surface area contributed by atoms with Gasteiger partial charge in [-0.1, -0.05) is 63.3 Å². The minimum absolute atomic E-state index is 0.0234. The molecular formula is C30H41N3O4S. The second-order valence-electron chi connectivity index (χ2n) is 11.3. The van der Waals surface area contributed by atoms with E-state index in [2.05, 4.69) is 20.1 Å². The summed E-state index contributed by atoms with van der Waals surface area (Å²) >= 11 is 1.66. The summed E-state index contributed by atoms with van der Waals surface area (Å²) in [7, 11) is 1.74. The van der Waals surface area contributed by atoms with Crippen molar-refractivity contribution < 1.29 is 19.5 Å². The van der Waals surface area contributed by atoms with Crippen LogP contribution in [0.15, 0.2) is 55.6 Å². The van der Waals surface area contributed by atoms with Gasteiger partial charge in [0.2, 0.25) is 17.7 Å². The maximum atomic E-state index is 14.6. The Morgan fingerprint density at radius 3 is 2.42 bits per heavy atom. The highest BCUT2D eigenvalue weighted by Gasteiger charge is 2.77. The highest BCUT2D eigenvalue weighted by atomic mass is 32.2. The van der Waals surface area contributed by atoms with Crippen LogP contribution in [-0.4, -0.2) is 86.4 Å². The van der Waals surface area contributed by atoms with E-state index in [-0.39, 0.29) is 41.4 Å². The molecule has 3 heterocycles. The number of carbonyl (C=O) groups excluding carboxylic acids is 3. The summed E-state index contributed by atoms with van der Waals surface area (Å²) in [5.41, 5.74) is 0.991. The van der Waals surface area contributed by atoms with Gasteiger partial charge in [0.1, 0.15) is 6.04 Å². The number of benzene rings is 1. The lowest BCUT2D eigenvalue weighted by Crippen LogP contribution is -2.59. The fourth-order valence-electron chi connectivity index (χ4n) is 6.90. The molecule has 0 radical (unpaired) electrons. The van der Waals surface area contributed by atoms with Crippen molar-refractivity contribution in [2.75, 3.05) is 26.7 Å². The molecule has 3 unspecified atom stereocenters. The van der Waals surface area contributed by atoms with E-state index < -0.39 is 28.7 Å². The Morgan fingerprint density at radius 2 is 1.84 bits per heavy atom. The Hall–Kier alpha value is -2.58. The normalized spacial score (nSPS) is 30.3. The van der Waals surface area contributed by atoms with Gasteiger partial charge in [-0.05, 0) is 23.8 Å². The Morgan fingerprint density at radius 1 is 1.18 bits per heavy atom. The summed E-state index contributed by atoms with van der Waals surface area (Å²) in [5.74, 6) is -1.50. The molecule has 2 bridgehead atoms. The first-order chi connectivity index (χ1) is 18.1. The fraction of sp³-hybridized carbons (Fsp3) is 0.567. The second-order valence-corrected chi connectivity index (χ2v) is 12.8. The van der Waals surface area contributed by atoms with Gasteiger partial charge in [0.25, 0.3) is 0 Å². The van der Waals surface area contributed by atoms with Gasteiger partial charge in [-0.25, -0.2) is 0 Å². The molecule has 7 atom stereocenters. The summed E-state index contributed by atoms with van der Waals surface area (Å²) < 4.78 is -0.730. The van der Waals surface area contributed by atoms with E-state index in [9.17, 15) is 19.5 Å². The smallest absolute Gasteiger partial charge is 0.247 e. The maximum Gasteiger partial charge on any atom is 0.247 e. The fourth-order valence-corrected chi connectivity index (χ4v) is 9.30. The zero-order chi connectivity index (χ0) is 27.8. The molecule has 3 amide bonds. The van der Waals surface area contributed by atoms with Crippen LogP contribution in [0, 0.1) is 23.7 Å². The predicted molar refractivity (Wildman–Crippen MR) is 151 cm³/mol. The van der Waals surface area contributed by atoms with Crippen LogP contribution < -0.4 is 0 Å². The van der Waals surface area contributed by atoms with Crippen LogP contribution in [0.3, 0.4) is 0 Å². The number of fused-ring (bicyclic) bond motifs is 1. The standard InChI is InChI=1S/C30H41N3O4S/c1-7-14-31(6)27(35)24-23-16-20(5)30(38-23)25(24)28(36)33(22(18-34)19(3)4)26(30)29(37)32(15-8-2)17-21-12-10-9-11-13-21/h7-13,19-20,22-26,34H,1-2,14-18H2,3-6H3/t20?,22-,23+,24-,25-,26?,30?/m0/s1. The second kappa shape index (κ2) is 11.3. The number of carbonyl (C=O) groups is 3. The van der Waals surface area contributed by atoms with Crippen molar-refractivity contribution in [2.24, 2.45) is 23.7 Å². The third-order valence-electron chi connectivity index (χ3n) is 8.67. The number of nitrogens with zero attached hydrogens (tertiary/aromatic N) is 3. The summed E-state index contributed by atoms with van der Waals surface area (Å²) in [4.78, 5) is 47.7. The minimum Gasteiger partial charge on any atom is -0.394 e. The van der Waals surface area contributed by atoms with E-state index in [1.54, 1.807) is 45.7 Å². The number of thioether (sulfide) groups is 1. The van der Waals surface area contributed by atoms with Gasteiger partial charge in [0, 0.05) is 31.9 Å². The van der Waals surface area contributed by atoms with Crippen molar-refractivity contribution in [1.29, 1.82) is 0 Å². The molecule has 0 aliphatic carbocycles. The molecule has 7 nitrogen and oxygen atoms in total. The third kappa shape index (κ3) is 4.49. The molecule has 1 spiro atoms. The average Bonchev–Trinajstić information content (AvgIpc) is 3.48. The van der Waals surface area contributed by atoms with E-state index in [4.69, 9.17) is 0 Å². The Balaban J connectivity index is 1.81. The molecule has 0 aromatic heterocycles. The molecule has 3 saturated heterocycles. The first-order valence-electron chi connectivity index (χ1n) is 13.5. The topological polar surface area (TPSA) is 81.2 Å². The van der Waals surface area contributed by atoms with Crippen molar-refractivity contribution in [2.45, 2.75) is 55.8 Å². The Kier molecular flexibility index (Phi) is 8.43. The third-order valence-corrected chi connectivity index (χ3v) is 10.7.